The van der Waals surface area contributed by atoms with Crippen molar-refractivity contribution in [3.63, 3.8) is 0 Å². The molecule has 118 valence electrons. The van der Waals surface area contributed by atoms with Gasteiger partial charge in [0.15, 0.2) is 6.29 Å². The van der Waals surface area contributed by atoms with E-state index in [0.29, 0.717) is 18.5 Å². The molecule has 7 heteroatoms. The number of hydrogen-bond donors (Lipinski definition) is 1. The summed E-state index contributed by atoms with van der Waals surface area (Å²) in [5, 5.41) is 2.36. The highest BCUT2D eigenvalue weighted by Gasteiger charge is 2.16. The lowest BCUT2D eigenvalue weighted by atomic mass is 10.2. The number of nitrogens with two attached hydrogens (primary N) is 1. The van der Waals surface area contributed by atoms with Gasteiger partial charge in [0.05, 0.1) is 12.0 Å². The van der Waals surface area contributed by atoms with Crippen molar-refractivity contribution in [2.45, 2.75) is 32.1 Å². The lowest BCUT2D eigenvalue weighted by molar-refractivity contribution is -0.163. The third-order valence-electron chi connectivity index (χ3n) is 3.72. The summed E-state index contributed by atoms with van der Waals surface area (Å²) in [6.45, 7) is 1.74. The number of carbonyl (C=O) groups is 1. The monoisotopic (exact) mass is 322 g/mol. The van der Waals surface area contributed by atoms with Crippen molar-refractivity contribution < 1.29 is 14.3 Å². The Labute approximate surface area is 131 Å². The molecular formula is C15H18N2O4S. The molecule has 1 aliphatic heterocycles. The molecule has 1 fully saturated rings. The van der Waals surface area contributed by atoms with E-state index in [2.05, 4.69) is 0 Å². The Morgan fingerprint density at radius 3 is 3.09 bits per heavy atom. The Kier molecular flexibility index (Phi) is 4.56. The third kappa shape index (κ3) is 3.06. The highest BCUT2D eigenvalue weighted by atomic mass is 32.1. The maximum atomic E-state index is 12.1. The van der Waals surface area contributed by atoms with Gasteiger partial charge in [-0.3, -0.25) is 9.59 Å². The van der Waals surface area contributed by atoms with Gasteiger partial charge in [0, 0.05) is 19.3 Å². The van der Waals surface area contributed by atoms with Crippen molar-refractivity contribution in [2.75, 3.05) is 13.2 Å². The zero-order valence-corrected chi connectivity index (χ0v) is 12.9. The van der Waals surface area contributed by atoms with Crippen LogP contribution < -0.4 is 11.2 Å². The minimum Gasteiger partial charge on any atom is -0.365 e. The number of amides is 1. The van der Waals surface area contributed by atoms with Crippen molar-refractivity contribution >= 4 is 27.5 Å². The van der Waals surface area contributed by atoms with Gasteiger partial charge in [0.2, 0.25) is 5.43 Å². The molecule has 3 heterocycles. The van der Waals surface area contributed by atoms with E-state index in [9.17, 15) is 9.59 Å². The van der Waals surface area contributed by atoms with Gasteiger partial charge < -0.3 is 19.8 Å². The van der Waals surface area contributed by atoms with Crippen LogP contribution in [0, 0.1) is 0 Å². The molecule has 0 bridgehead atoms. The van der Waals surface area contributed by atoms with Crippen molar-refractivity contribution in [1.82, 2.24) is 4.57 Å². The first-order chi connectivity index (χ1) is 10.7. The number of fused-ring (bicyclic) bond motifs is 1. The molecular weight excluding hydrogens is 304 g/mol. The van der Waals surface area contributed by atoms with Crippen LogP contribution in [0.4, 0.5) is 0 Å². The van der Waals surface area contributed by atoms with Gasteiger partial charge in [-0.05, 0) is 30.7 Å². The summed E-state index contributed by atoms with van der Waals surface area (Å²) >= 11 is 1.46. The predicted octanol–water partition coefficient (Wildman–Crippen LogP) is 1.71. The minimum absolute atomic E-state index is 0.0137. The molecule has 6 nitrogen and oxygen atoms in total. The van der Waals surface area contributed by atoms with E-state index < -0.39 is 5.91 Å². The van der Waals surface area contributed by atoms with Crippen LogP contribution in [0.5, 0.6) is 0 Å². The zero-order valence-electron chi connectivity index (χ0n) is 12.1. The topological polar surface area (TPSA) is 83.6 Å². The highest BCUT2D eigenvalue weighted by Crippen LogP contribution is 2.19. The Balaban J connectivity index is 1.77. The van der Waals surface area contributed by atoms with Crippen LogP contribution in [0.15, 0.2) is 22.4 Å². The van der Waals surface area contributed by atoms with E-state index in [-0.39, 0.29) is 17.3 Å². The normalized spacial score (nSPS) is 18.6. The summed E-state index contributed by atoms with van der Waals surface area (Å²) in [6, 6.07) is 1.72. The average molecular weight is 322 g/mol. The Morgan fingerprint density at radius 2 is 2.36 bits per heavy atom. The van der Waals surface area contributed by atoms with E-state index >= 15 is 0 Å². The molecule has 1 saturated heterocycles. The summed E-state index contributed by atoms with van der Waals surface area (Å²) in [5.41, 5.74) is 4.99. The van der Waals surface area contributed by atoms with E-state index in [1.165, 1.54) is 17.5 Å². The van der Waals surface area contributed by atoms with Gasteiger partial charge in [-0.25, -0.2) is 0 Å². The summed E-state index contributed by atoms with van der Waals surface area (Å²) in [6.07, 6.45) is 4.48. The van der Waals surface area contributed by atoms with Crippen molar-refractivity contribution in [3.8, 4) is 0 Å². The third-order valence-corrected chi connectivity index (χ3v) is 4.67. The first-order valence-corrected chi connectivity index (χ1v) is 8.18. The van der Waals surface area contributed by atoms with Gasteiger partial charge in [-0.1, -0.05) is 0 Å². The number of aromatic nitrogens is 1. The second-order valence-electron chi connectivity index (χ2n) is 5.24. The highest BCUT2D eigenvalue weighted by molar-refractivity contribution is 7.16. The molecule has 1 atom stereocenters. The molecule has 3 rings (SSSR count). The second kappa shape index (κ2) is 6.60. The summed E-state index contributed by atoms with van der Waals surface area (Å²) < 4.78 is 13.1. The quantitative estimate of drug-likeness (QED) is 0.908. The molecule has 1 aliphatic rings. The maximum absolute atomic E-state index is 12.1. The molecule has 0 radical (unpaired) electrons. The summed E-state index contributed by atoms with van der Waals surface area (Å²) in [4.78, 5) is 24.4. The lowest BCUT2D eigenvalue weighted by Crippen LogP contribution is -2.26. The molecule has 2 N–H and O–H groups in total. The van der Waals surface area contributed by atoms with E-state index in [1.807, 2.05) is 9.95 Å². The first-order valence-electron chi connectivity index (χ1n) is 7.30. The molecule has 1 unspecified atom stereocenters. The van der Waals surface area contributed by atoms with Crippen LogP contribution in [-0.4, -0.2) is 30.0 Å². The van der Waals surface area contributed by atoms with E-state index in [0.717, 1.165) is 30.7 Å². The summed E-state index contributed by atoms with van der Waals surface area (Å²) in [7, 11) is 0. The summed E-state index contributed by atoms with van der Waals surface area (Å²) in [5.74, 6) is -0.705. The van der Waals surface area contributed by atoms with Crippen LogP contribution in [0.25, 0.3) is 10.2 Å². The van der Waals surface area contributed by atoms with Crippen LogP contribution >= 0.6 is 11.3 Å². The molecule has 0 aromatic carbocycles. The molecule has 2 aromatic heterocycles. The fourth-order valence-corrected chi connectivity index (χ4v) is 3.48. The number of primary amides is 1. The van der Waals surface area contributed by atoms with E-state index in [4.69, 9.17) is 15.2 Å². The fourth-order valence-electron chi connectivity index (χ4n) is 2.58. The van der Waals surface area contributed by atoms with Crippen LogP contribution in [-0.2, 0) is 16.0 Å². The number of carbonyl (C=O) groups excluding carboxylic acids is 1. The van der Waals surface area contributed by atoms with Crippen molar-refractivity contribution in [2.24, 2.45) is 5.73 Å². The smallest absolute Gasteiger partial charge is 0.254 e. The van der Waals surface area contributed by atoms with Crippen LogP contribution in [0.2, 0.25) is 0 Å². The van der Waals surface area contributed by atoms with Gasteiger partial charge in [0.1, 0.15) is 10.4 Å². The van der Waals surface area contributed by atoms with Gasteiger partial charge in [0.25, 0.3) is 5.91 Å². The fraction of sp³-hybridized carbons (Fsp3) is 0.467. The van der Waals surface area contributed by atoms with Gasteiger partial charge >= 0.3 is 0 Å². The number of pyridine rings is 1. The largest absolute Gasteiger partial charge is 0.365 e. The Hall–Kier alpha value is -1.70. The Bertz CT molecular complexity index is 731. The standard InChI is InChI=1S/C15H18N2O4S/c16-14(19)11-9-17(15-10(13(11)18)4-8-22-15)5-7-21-12-3-1-2-6-20-12/h4,8-9,12H,1-3,5-7H2,(H2,16,19). The average Bonchev–Trinajstić information content (AvgIpc) is 3.00. The van der Waals surface area contributed by atoms with Crippen molar-refractivity contribution in [3.05, 3.63) is 33.4 Å². The maximum Gasteiger partial charge on any atom is 0.254 e. The van der Waals surface area contributed by atoms with E-state index in [1.54, 1.807) is 6.07 Å². The number of nitrogens with zero attached hydrogens (tertiary/aromatic N) is 1. The van der Waals surface area contributed by atoms with Crippen LogP contribution in [0.1, 0.15) is 29.6 Å². The predicted molar refractivity (Wildman–Crippen MR) is 84.1 cm³/mol. The molecule has 0 aliphatic carbocycles. The number of ether oxygens (including phenoxy) is 2. The van der Waals surface area contributed by atoms with Gasteiger partial charge in [-0.2, -0.15) is 0 Å². The lowest BCUT2D eigenvalue weighted by Gasteiger charge is -2.23. The molecule has 1 amide bonds. The van der Waals surface area contributed by atoms with Crippen LogP contribution in [0.3, 0.4) is 0 Å². The number of hydrogen-bond acceptors (Lipinski definition) is 5. The number of thiophene rings is 1. The molecule has 22 heavy (non-hydrogen) atoms. The SMILES string of the molecule is NC(=O)c1cn(CCOC2CCCCO2)c2sccc2c1=O. The molecule has 0 spiro atoms. The van der Waals surface area contributed by atoms with Crippen molar-refractivity contribution in [1.29, 1.82) is 0 Å². The number of rotatable bonds is 5. The second-order valence-corrected chi connectivity index (χ2v) is 6.13. The molecule has 0 saturated carbocycles. The first kappa shape index (κ1) is 15.2. The molecule has 2 aromatic rings. The van der Waals surface area contributed by atoms with Gasteiger partial charge in [-0.15, -0.1) is 11.3 Å². The minimum atomic E-state index is -0.705. The Morgan fingerprint density at radius 1 is 1.50 bits per heavy atom. The zero-order chi connectivity index (χ0) is 15.5.